The number of hydrogen-bond acceptors (Lipinski definition) is 2. The number of rotatable bonds is 16. The molecule has 1 fully saturated rings. The topological polar surface area (TPSA) is 17.1 Å². The third-order valence-corrected chi connectivity index (χ3v) is 6.54. The van der Waals surface area contributed by atoms with Gasteiger partial charge >= 0.3 is 0 Å². The van der Waals surface area contributed by atoms with Crippen molar-refractivity contribution >= 4 is 17.1 Å². The van der Waals surface area contributed by atoms with Gasteiger partial charge in [0.15, 0.2) is 5.78 Å². The maximum Gasteiger partial charge on any atom is 0.176 e. The van der Waals surface area contributed by atoms with E-state index in [-0.39, 0.29) is 0 Å². The van der Waals surface area contributed by atoms with E-state index in [0.29, 0.717) is 17.6 Å². The zero-order valence-corrected chi connectivity index (χ0v) is 17.1. The Morgan fingerprint density at radius 3 is 2.00 bits per heavy atom. The second-order valence-corrected chi connectivity index (χ2v) is 8.91. The van der Waals surface area contributed by atoms with E-state index in [1.807, 2.05) is 17.5 Å². The molecule has 0 amide bonds. The van der Waals surface area contributed by atoms with Crippen LogP contribution in [0.2, 0.25) is 0 Å². The SMILES string of the molecule is CCCCCCCCCCCCCCC(C(=O)c1cccs1)C1CC1. The van der Waals surface area contributed by atoms with Crippen LogP contribution in [0.25, 0.3) is 0 Å². The number of carbonyl (C=O) groups excluding carboxylic acids is 1. The zero-order valence-electron chi connectivity index (χ0n) is 16.3. The number of hydrogen-bond donors (Lipinski definition) is 0. The molecule has 1 aromatic heterocycles. The molecule has 1 heterocycles. The molecule has 0 radical (unpaired) electrons. The summed E-state index contributed by atoms with van der Waals surface area (Å²) >= 11 is 1.62. The summed E-state index contributed by atoms with van der Waals surface area (Å²) in [4.78, 5) is 13.6. The highest BCUT2D eigenvalue weighted by Gasteiger charge is 2.36. The Kier molecular flexibility index (Phi) is 10.5. The van der Waals surface area contributed by atoms with E-state index in [9.17, 15) is 4.79 Å². The van der Waals surface area contributed by atoms with Crippen molar-refractivity contribution < 1.29 is 4.79 Å². The molecule has 0 saturated heterocycles. The summed E-state index contributed by atoms with van der Waals surface area (Å²) in [5.41, 5.74) is 0. The van der Waals surface area contributed by atoms with E-state index in [1.165, 1.54) is 89.9 Å². The van der Waals surface area contributed by atoms with Gasteiger partial charge in [0.2, 0.25) is 0 Å². The lowest BCUT2D eigenvalue weighted by molar-refractivity contribution is 0.0898. The van der Waals surface area contributed by atoms with Gasteiger partial charge in [-0.3, -0.25) is 4.79 Å². The molecule has 0 aliphatic heterocycles. The van der Waals surface area contributed by atoms with Crippen LogP contribution in [-0.2, 0) is 0 Å². The van der Waals surface area contributed by atoms with Crippen molar-refractivity contribution in [3.63, 3.8) is 0 Å². The van der Waals surface area contributed by atoms with Crippen LogP contribution in [0, 0.1) is 11.8 Å². The van der Waals surface area contributed by atoms with Gasteiger partial charge < -0.3 is 0 Å². The highest BCUT2D eigenvalue weighted by atomic mass is 32.1. The normalized spacial score (nSPS) is 15.4. The zero-order chi connectivity index (χ0) is 17.7. The summed E-state index contributed by atoms with van der Waals surface area (Å²) in [5, 5.41) is 2.03. The van der Waals surface area contributed by atoms with Gasteiger partial charge in [-0.25, -0.2) is 0 Å². The van der Waals surface area contributed by atoms with Crippen molar-refractivity contribution in [1.29, 1.82) is 0 Å². The van der Waals surface area contributed by atoms with Gasteiger partial charge in [0.1, 0.15) is 0 Å². The quantitative estimate of drug-likeness (QED) is 0.215. The maximum absolute atomic E-state index is 12.6. The summed E-state index contributed by atoms with van der Waals surface area (Å²) in [6.07, 6.45) is 20.3. The molecular formula is C23H38OS. The molecule has 25 heavy (non-hydrogen) atoms. The van der Waals surface area contributed by atoms with Gasteiger partial charge in [-0.05, 0) is 36.6 Å². The Hall–Kier alpha value is -0.630. The lowest BCUT2D eigenvalue weighted by Crippen LogP contribution is -2.16. The Morgan fingerprint density at radius 1 is 0.960 bits per heavy atom. The molecule has 142 valence electrons. The summed E-state index contributed by atoms with van der Waals surface area (Å²) in [7, 11) is 0. The highest BCUT2D eigenvalue weighted by Crippen LogP contribution is 2.41. The molecule has 0 aromatic carbocycles. The number of carbonyl (C=O) groups is 1. The predicted octanol–water partition coefficient (Wildman–Crippen LogP) is 8.05. The standard InChI is InChI=1S/C23H38OS/c1-2-3-4-5-6-7-8-9-10-11-12-13-15-21(20-17-18-20)23(24)22-16-14-19-25-22/h14,16,19-21H,2-13,15,17-18H2,1H3. The number of Topliss-reactive ketones (excluding diaryl/α,β-unsaturated/α-hetero) is 1. The van der Waals surface area contributed by atoms with Crippen molar-refractivity contribution in [3.8, 4) is 0 Å². The highest BCUT2D eigenvalue weighted by molar-refractivity contribution is 7.12. The van der Waals surface area contributed by atoms with E-state index in [0.717, 1.165) is 11.3 Å². The Bertz CT molecular complexity index is 447. The van der Waals surface area contributed by atoms with Crippen LogP contribution in [0.1, 0.15) is 113 Å². The molecule has 1 aliphatic carbocycles. The largest absolute Gasteiger partial charge is 0.293 e. The first-order valence-corrected chi connectivity index (χ1v) is 11.8. The summed E-state index contributed by atoms with van der Waals surface area (Å²) in [6, 6.07) is 4.01. The molecule has 0 spiro atoms. The molecule has 1 atom stereocenters. The summed E-state index contributed by atoms with van der Waals surface area (Å²) in [6.45, 7) is 2.28. The lowest BCUT2D eigenvalue weighted by atomic mass is 9.91. The van der Waals surface area contributed by atoms with E-state index in [1.54, 1.807) is 11.3 Å². The smallest absolute Gasteiger partial charge is 0.176 e. The van der Waals surface area contributed by atoms with Gasteiger partial charge in [0, 0.05) is 5.92 Å². The van der Waals surface area contributed by atoms with Gasteiger partial charge in [0.25, 0.3) is 0 Å². The van der Waals surface area contributed by atoms with Gasteiger partial charge in [0.05, 0.1) is 4.88 Å². The van der Waals surface area contributed by atoms with E-state index in [2.05, 4.69) is 6.92 Å². The molecule has 0 N–H and O–H groups in total. The third kappa shape index (κ3) is 8.53. The molecule has 1 aliphatic rings. The fraction of sp³-hybridized carbons (Fsp3) is 0.783. The van der Waals surface area contributed by atoms with E-state index >= 15 is 0 Å². The average molecular weight is 363 g/mol. The predicted molar refractivity (Wildman–Crippen MR) is 111 cm³/mol. The molecule has 1 aromatic rings. The molecule has 1 nitrogen and oxygen atoms in total. The second kappa shape index (κ2) is 12.7. The summed E-state index contributed by atoms with van der Waals surface area (Å²) in [5.74, 6) is 1.45. The first-order valence-electron chi connectivity index (χ1n) is 10.9. The average Bonchev–Trinajstić information content (AvgIpc) is 3.31. The van der Waals surface area contributed by atoms with Crippen LogP contribution in [0.3, 0.4) is 0 Å². The molecule has 2 rings (SSSR count). The lowest BCUT2D eigenvalue weighted by Gasteiger charge is -2.14. The van der Waals surface area contributed by atoms with Crippen LogP contribution in [0.15, 0.2) is 17.5 Å². The number of ketones is 1. The molecular weight excluding hydrogens is 324 g/mol. The Labute approximate surface area is 159 Å². The minimum Gasteiger partial charge on any atom is -0.293 e. The van der Waals surface area contributed by atoms with Crippen molar-refractivity contribution in [2.24, 2.45) is 11.8 Å². The summed E-state index contributed by atoms with van der Waals surface area (Å²) < 4.78 is 0. The first kappa shape index (κ1) is 20.7. The van der Waals surface area contributed by atoms with Crippen molar-refractivity contribution in [2.45, 2.75) is 103 Å². The van der Waals surface area contributed by atoms with Crippen molar-refractivity contribution in [3.05, 3.63) is 22.4 Å². The number of thiophene rings is 1. The number of unbranched alkanes of at least 4 members (excludes halogenated alkanes) is 11. The Balaban J connectivity index is 1.46. The van der Waals surface area contributed by atoms with E-state index < -0.39 is 0 Å². The van der Waals surface area contributed by atoms with Crippen LogP contribution in [0.4, 0.5) is 0 Å². The molecule has 2 heteroatoms. The molecule has 0 bridgehead atoms. The minimum absolute atomic E-state index is 0.321. The molecule has 1 unspecified atom stereocenters. The third-order valence-electron chi connectivity index (χ3n) is 5.66. The maximum atomic E-state index is 12.6. The van der Waals surface area contributed by atoms with Crippen molar-refractivity contribution in [2.75, 3.05) is 0 Å². The fourth-order valence-corrected chi connectivity index (χ4v) is 4.61. The van der Waals surface area contributed by atoms with Crippen LogP contribution >= 0.6 is 11.3 Å². The van der Waals surface area contributed by atoms with Gasteiger partial charge in [-0.15, -0.1) is 11.3 Å². The van der Waals surface area contributed by atoms with Gasteiger partial charge in [-0.1, -0.05) is 90.0 Å². The second-order valence-electron chi connectivity index (χ2n) is 7.96. The van der Waals surface area contributed by atoms with Crippen LogP contribution in [-0.4, -0.2) is 5.78 Å². The van der Waals surface area contributed by atoms with Crippen LogP contribution in [0.5, 0.6) is 0 Å². The van der Waals surface area contributed by atoms with E-state index in [4.69, 9.17) is 0 Å². The first-order chi connectivity index (χ1) is 12.3. The minimum atomic E-state index is 0.321. The molecule has 1 saturated carbocycles. The fourth-order valence-electron chi connectivity index (χ4n) is 3.89. The van der Waals surface area contributed by atoms with Crippen molar-refractivity contribution in [1.82, 2.24) is 0 Å². The van der Waals surface area contributed by atoms with Crippen LogP contribution < -0.4 is 0 Å². The Morgan fingerprint density at radius 2 is 1.52 bits per heavy atom. The monoisotopic (exact) mass is 362 g/mol. The van der Waals surface area contributed by atoms with Gasteiger partial charge in [-0.2, -0.15) is 0 Å².